The van der Waals surface area contributed by atoms with Crippen LogP contribution in [0.5, 0.6) is 0 Å². The molecule has 1 atom stereocenters. The molecular formula is C23H34O. The van der Waals surface area contributed by atoms with E-state index in [1.165, 1.54) is 49.3 Å². The van der Waals surface area contributed by atoms with Crippen molar-refractivity contribution in [1.82, 2.24) is 0 Å². The maximum atomic E-state index is 11.4. The molecule has 0 spiro atoms. The highest BCUT2D eigenvalue weighted by atomic mass is 16.3. The number of hydrogen-bond acceptors (Lipinski definition) is 1. The van der Waals surface area contributed by atoms with Gasteiger partial charge >= 0.3 is 0 Å². The third-order valence-corrected chi connectivity index (χ3v) is 5.15. The third-order valence-electron chi connectivity index (χ3n) is 5.15. The SMILES string of the molecule is CCCCCCCCCC(O)(CCC)c1cccc2ccccc12. The third kappa shape index (κ3) is 5.08. The largest absolute Gasteiger partial charge is 0.385 e. The van der Waals surface area contributed by atoms with E-state index in [4.69, 9.17) is 0 Å². The smallest absolute Gasteiger partial charge is 0.0902 e. The number of rotatable bonds is 11. The molecule has 0 amide bonds. The van der Waals surface area contributed by atoms with E-state index in [1.54, 1.807) is 0 Å². The van der Waals surface area contributed by atoms with E-state index in [-0.39, 0.29) is 0 Å². The molecular weight excluding hydrogens is 292 g/mol. The zero-order chi connectivity index (χ0) is 17.3. The van der Waals surface area contributed by atoms with Gasteiger partial charge in [-0.15, -0.1) is 0 Å². The molecule has 0 aliphatic heterocycles. The monoisotopic (exact) mass is 326 g/mol. The lowest BCUT2D eigenvalue weighted by molar-refractivity contribution is 0.0165. The lowest BCUT2D eigenvalue weighted by atomic mass is 9.82. The van der Waals surface area contributed by atoms with Crippen LogP contribution in [0.2, 0.25) is 0 Å². The summed E-state index contributed by atoms with van der Waals surface area (Å²) >= 11 is 0. The average Bonchev–Trinajstić information content (AvgIpc) is 2.61. The lowest BCUT2D eigenvalue weighted by Crippen LogP contribution is -2.25. The van der Waals surface area contributed by atoms with Gasteiger partial charge in [0.15, 0.2) is 0 Å². The molecule has 0 aliphatic rings. The van der Waals surface area contributed by atoms with Crippen LogP contribution in [-0.2, 0) is 5.60 Å². The van der Waals surface area contributed by atoms with E-state index in [0.717, 1.165) is 31.2 Å². The quantitative estimate of drug-likeness (QED) is 0.442. The van der Waals surface area contributed by atoms with E-state index in [0.29, 0.717) is 0 Å². The van der Waals surface area contributed by atoms with Crippen molar-refractivity contribution in [2.45, 2.75) is 83.7 Å². The number of hydrogen-bond donors (Lipinski definition) is 1. The van der Waals surface area contributed by atoms with Gasteiger partial charge in [0, 0.05) is 0 Å². The second kappa shape index (κ2) is 9.84. The highest BCUT2D eigenvalue weighted by Crippen LogP contribution is 2.36. The zero-order valence-corrected chi connectivity index (χ0v) is 15.6. The molecule has 0 heterocycles. The second-order valence-corrected chi connectivity index (χ2v) is 7.18. The molecule has 0 radical (unpaired) electrons. The Hall–Kier alpha value is -1.34. The number of unbranched alkanes of at least 4 members (excludes halogenated alkanes) is 6. The molecule has 0 saturated heterocycles. The van der Waals surface area contributed by atoms with Crippen LogP contribution >= 0.6 is 0 Å². The highest BCUT2D eigenvalue weighted by molar-refractivity contribution is 5.86. The summed E-state index contributed by atoms with van der Waals surface area (Å²) in [5.74, 6) is 0. The van der Waals surface area contributed by atoms with Gasteiger partial charge in [0.1, 0.15) is 0 Å². The first-order chi connectivity index (χ1) is 11.7. The summed E-state index contributed by atoms with van der Waals surface area (Å²) in [4.78, 5) is 0. The van der Waals surface area contributed by atoms with Crippen molar-refractivity contribution < 1.29 is 5.11 Å². The Morgan fingerprint density at radius 1 is 0.708 bits per heavy atom. The van der Waals surface area contributed by atoms with Crippen molar-refractivity contribution in [3.05, 3.63) is 48.0 Å². The van der Waals surface area contributed by atoms with Crippen LogP contribution in [0.15, 0.2) is 42.5 Å². The van der Waals surface area contributed by atoms with Crippen molar-refractivity contribution >= 4 is 10.8 Å². The van der Waals surface area contributed by atoms with E-state index in [2.05, 4.69) is 56.3 Å². The molecule has 2 aromatic rings. The minimum Gasteiger partial charge on any atom is -0.385 e. The standard InChI is InChI=1S/C23H34O/c1-3-5-6-7-8-9-12-19-23(24,18-4-2)22-17-13-15-20-14-10-11-16-21(20)22/h10-11,13-17,24H,3-9,12,18-19H2,1-2H3. The van der Waals surface area contributed by atoms with E-state index in [9.17, 15) is 5.11 Å². The van der Waals surface area contributed by atoms with Crippen LogP contribution in [0.4, 0.5) is 0 Å². The summed E-state index contributed by atoms with van der Waals surface area (Å²) < 4.78 is 0. The summed E-state index contributed by atoms with van der Waals surface area (Å²) in [5.41, 5.74) is 0.437. The van der Waals surface area contributed by atoms with Gasteiger partial charge in [0.05, 0.1) is 5.60 Å². The highest BCUT2D eigenvalue weighted by Gasteiger charge is 2.29. The van der Waals surface area contributed by atoms with E-state index < -0.39 is 5.60 Å². The van der Waals surface area contributed by atoms with Crippen LogP contribution < -0.4 is 0 Å². The zero-order valence-electron chi connectivity index (χ0n) is 15.6. The second-order valence-electron chi connectivity index (χ2n) is 7.18. The fourth-order valence-electron chi connectivity index (χ4n) is 3.81. The normalized spacial score (nSPS) is 14.0. The molecule has 0 aromatic heterocycles. The molecule has 0 bridgehead atoms. The Morgan fingerprint density at radius 2 is 1.38 bits per heavy atom. The number of aliphatic hydroxyl groups is 1. The lowest BCUT2D eigenvalue weighted by Gasteiger charge is -2.30. The molecule has 24 heavy (non-hydrogen) atoms. The topological polar surface area (TPSA) is 20.2 Å². The predicted octanol–water partition coefficient (Wildman–Crippen LogP) is 6.97. The van der Waals surface area contributed by atoms with Gasteiger partial charge in [-0.1, -0.05) is 108 Å². The molecule has 1 N–H and O–H groups in total. The molecule has 0 saturated carbocycles. The Morgan fingerprint density at radius 3 is 2.12 bits per heavy atom. The van der Waals surface area contributed by atoms with E-state index in [1.807, 2.05) is 0 Å². The fraction of sp³-hybridized carbons (Fsp3) is 0.565. The van der Waals surface area contributed by atoms with Gasteiger partial charge in [0.2, 0.25) is 0 Å². The van der Waals surface area contributed by atoms with Gasteiger partial charge in [-0.3, -0.25) is 0 Å². The van der Waals surface area contributed by atoms with Gasteiger partial charge in [0.25, 0.3) is 0 Å². The van der Waals surface area contributed by atoms with Crippen LogP contribution in [0.25, 0.3) is 10.8 Å². The molecule has 1 heteroatoms. The molecule has 0 fully saturated rings. The molecule has 1 nitrogen and oxygen atoms in total. The van der Waals surface area contributed by atoms with Gasteiger partial charge in [-0.05, 0) is 29.2 Å². The van der Waals surface area contributed by atoms with Crippen LogP contribution in [0.1, 0.15) is 83.6 Å². The Kier molecular flexibility index (Phi) is 7.78. The first kappa shape index (κ1) is 19.0. The first-order valence-electron chi connectivity index (χ1n) is 9.92. The van der Waals surface area contributed by atoms with Gasteiger partial charge < -0.3 is 5.11 Å². The summed E-state index contributed by atoms with van der Waals surface area (Å²) in [6.07, 6.45) is 11.8. The van der Waals surface area contributed by atoms with Gasteiger partial charge in [-0.25, -0.2) is 0 Å². The first-order valence-corrected chi connectivity index (χ1v) is 9.92. The van der Waals surface area contributed by atoms with Crippen LogP contribution in [0.3, 0.4) is 0 Å². The van der Waals surface area contributed by atoms with Crippen molar-refractivity contribution in [1.29, 1.82) is 0 Å². The maximum absolute atomic E-state index is 11.4. The molecule has 132 valence electrons. The summed E-state index contributed by atoms with van der Waals surface area (Å²) in [5, 5.41) is 13.9. The summed E-state index contributed by atoms with van der Waals surface area (Å²) in [6, 6.07) is 14.8. The molecule has 1 unspecified atom stereocenters. The Balaban J connectivity index is 2.03. The molecule has 2 rings (SSSR count). The Labute approximate surface area is 148 Å². The maximum Gasteiger partial charge on any atom is 0.0902 e. The van der Waals surface area contributed by atoms with E-state index >= 15 is 0 Å². The Bertz CT molecular complexity index is 599. The van der Waals surface area contributed by atoms with Crippen molar-refractivity contribution in [3.63, 3.8) is 0 Å². The molecule has 0 aliphatic carbocycles. The van der Waals surface area contributed by atoms with Crippen LogP contribution in [-0.4, -0.2) is 5.11 Å². The summed E-state index contributed by atoms with van der Waals surface area (Å²) in [7, 11) is 0. The number of fused-ring (bicyclic) bond motifs is 1. The van der Waals surface area contributed by atoms with Crippen molar-refractivity contribution in [2.75, 3.05) is 0 Å². The predicted molar refractivity (Wildman–Crippen MR) is 105 cm³/mol. The van der Waals surface area contributed by atoms with Gasteiger partial charge in [-0.2, -0.15) is 0 Å². The number of benzene rings is 2. The summed E-state index contributed by atoms with van der Waals surface area (Å²) in [6.45, 7) is 4.43. The molecule has 2 aromatic carbocycles. The average molecular weight is 327 g/mol. The minimum atomic E-state index is -0.682. The van der Waals surface area contributed by atoms with Crippen molar-refractivity contribution in [2.24, 2.45) is 0 Å². The fourth-order valence-corrected chi connectivity index (χ4v) is 3.81. The minimum absolute atomic E-state index is 0.682. The van der Waals surface area contributed by atoms with Crippen molar-refractivity contribution in [3.8, 4) is 0 Å². The van der Waals surface area contributed by atoms with Crippen LogP contribution in [0, 0.1) is 0 Å².